The fourth-order valence-electron chi connectivity index (χ4n) is 1.73. The Kier molecular flexibility index (Phi) is 4.90. The van der Waals surface area contributed by atoms with Crippen LogP contribution in [0.25, 0.3) is 0 Å². The van der Waals surface area contributed by atoms with E-state index in [0.717, 1.165) is 6.54 Å². The molecule has 18 heavy (non-hydrogen) atoms. The summed E-state index contributed by atoms with van der Waals surface area (Å²) in [6.45, 7) is 10.9. The van der Waals surface area contributed by atoms with Crippen LogP contribution in [0.3, 0.4) is 0 Å². The lowest BCUT2D eigenvalue weighted by Crippen LogP contribution is -2.37. The number of nitrogens with zero attached hydrogens (tertiary/aromatic N) is 1. The Hall–Kier alpha value is -1.36. The summed E-state index contributed by atoms with van der Waals surface area (Å²) in [6, 6.07) is 0.419. The molecule has 1 rings (SSSR count). The van der Waals surface area contributed by atoms with E-state index in [-0.39, 0.29) is 17.0 Å². The summed E-state index contributed by atoms with van der Waals surface area (Å²) in [5, 5.41) is 5.94. The zero-order chi connectivity index (χ0) is 13.9. The second-order valence-corrected chi connectivity index (χ2v) is 5.27. The maximum Gasteiger partial charge on any atom is 0.268 e. The summed E-state index contributed by atoms with van der Waals surface area (Å²) in [5.41, 5.74) is 0.742. The van der Waals surface area contributed by atoms with E-state index in [9.17, 15) is 9.59 Å². The quantitative estimate of drug-likeness (QED) is 0.815. The number of aromatic nitrogens is 2. The van der Waals surface area contributed by atoms with Gasteiger partial charge >= 0.3 is 0 Å². The summed E-state index contributed by atoms with van der Waals surface area (Å²) in [4.78, 5) is 23.6. The van der Waals surface area contributed by atoms with Crippen molar-refractivity contribution in [1.29, 1.82) is 0 Å². The number of rotatable bonds is 5. The highest BCUT2D eigenvalue weighted by Gasteiger charge is 2.10. The van der Waals surface area contributed by atoms with Crippen LogP contribution in [0.2, 0.25) is 0 Å². The third-order valence-electron chi connectivity index (χ3n) is 3.07. The molecular formula is C13H23N3O2. The van der Waals surface area contributed by atoms with Gasteiger partial charge in [-0.1, -0.05) is 20.8 Å². The number of H-pyrrole nitrogens is 1. The molecule has 1 unspecified atom stereocenters. The Labute approximate surface area is 107 Å². The van der Waals surface area contributed by atoms with Crippen LogP contribution in [0, 0.1) is 19.8 Å². The molecule has 0 aliphatic rings. The smallest absolute Gasteiger partial charge is 0.268 e. The molecule has 1 aromatic rings. The van der Waals surface area contributed by atoms with Crippen molar-refractivity contribution in [3.63, 3.8) is 0 Å². The van der Waals surface area contributed by atoms with Crippen molar-refractivity contribution < 1.29 is 0 Å². The molecule has 0 aromatic carbocycles. The predicted octanol–water partition coefficient (Wildman–Crippen LogP) is 0.788. The van der Waals surface area contributed by atoms with Gasteiger partial charge in [-0.3, -0.25) is 14.7 Å². The Morgan fingerprint density at radius 3 is 2.33 bits per heavy atom. The zero-order valence-electron chi connectivity index (χ0n) is 11.8. The van der Waals surface area contributed by atoms with Gasteiger partial charge in [0.15, 0.2) is 0 Å². The number of aromatic amines is 1. The van der Waals surface area contributed by atoms with Gasteiger partial charge in [0.2, 0.25) is 0 Å². The fourth-order valence-corrected chi connectivity index (χ4v) is 1.73. The van der Waals surface area contributed by atoms with Gasteiger partial charge in [0, 0.05) is 23.7 Å². The fraction of sp³-hybridized carbons (Fsp3) is 0.692. The van der Waals surface area contributed by atoms with Crippen LogP contribution in [0.5, 0.6) is 0 Å². The minimum absolute atomic E-state index is 0.108. The predicted molar refractivity (Wildman–Crippen MR) is 73.1 cm³/mol. The maximum atomic E-state index is 12.0. The molecule has 5 heteroatoms. The molecular weight excluding hydrogens is 230 g/mol. The van der Waals surface area contributed by atoms with Gasteiger partial charge in [-0.2, -0.15) is 0 Å². The van der Waals surface area contributed by atoms with Gasteiger partial charge in [-0.15, -0.1) is 0 Å². The van der Waals surface area contributed by atoms with Gasteiger partial charge in [-0.05, 0) is 26.3 Å². The first-order valence-corrected chi connectivity index (χ1v) is 6.36. The largest absolute Gasteiger partial charge is 0.314 e. The van der Waals surface area contributed by atoms with E-state index >= 15 is 0 Å². The molecule has 1 atom stereocenters. The standard InChI is InChI=1S/C13H23N3O2/c1-8(2)14-6-9(3)7-16-13(18)11(5)10(4)12(17)15-16/h8-9,14H,6-7H2,1-5H3,(H,15,17). The summed E-state index contributed by atoms with van der Waals surface area (Å²) >= 11 is 0. The van der Waals surface area contributed by atoms with Gasteiger partial charge < -0.3 is 5.32 Å². The van der Waals surface area contributed by atoms with E-state index in [1.165, 1.54) is 4.68 Å². The summed E-state index contributed by atoms with van der Waals surface area (Å²) in [5.74, 6) is 0.280. The molecule has 1 aromatic heterocycles. The van der Waals surface area contributed by atoms with Crippen molar-refractivity contribution in [1.82, 2.24) is 15.1 Å². The van der Waals surface area contributed by atoms with E-state index in [4.69, 9.17) is 0 Å². The van der Waals surface area contributed by atoms with Gasteiger partial charge in [0.05, 0.1) is 0 Å². The minimum Gasteiger partial charge on any atom is -0.314 e. The lowest BCUT2D eigenvalue weighted by atomic mass is 10.1. The topological polar surface area (TPSA) is 66.9 Å². The normalized spacial score (nSPS) is 13.0. The minimum atomic E-state index is -0.184. The average molecular weight is 253 g/mol. The Balaban J connectivity index is 2.86. The SMILES string of the molecule is Cc1c(C)c(=O)n(CC(C)CNC(C)C)[nH]c1=O. The number of hydrogen-bond donors (Lipinski definition) is 2. The van der Waals surface area contributed by atoms with Crippen LogP contribution < -0.4 is 16.4 Å². The van der Waals surface area contributed by atoms with Crippen molar-refractivity contribution in [2.75, 3.05) is 6.54 Å². The molecule has 5 nitrogen and oxygen atoms in total. The highest BCUT2D eigenvalue weighted by atomic mass is 16.2. The monoisotopic (exact) mass is 253 g/mol. The molecule has 0 saturated carbocycles. The molecule has 0 spiro atoms. The Bertz CT molecular complexity index is 514. The summed E-state index contributed by atoms with van der Waals surface area (Å²) < 4.78 is 1.41. The molecule has 0 aliphatic heterocycles. The van der Waals surface area contributed by atoms with E-state index in [1.807, 2.05) is 0 Å². The molecule has 0 fully saturated rings. The van der Waals surface area contributed by atoms with Crippen LogP contribution in [-0.2, 0) is 6.54 Å². The van der Waals surface area contributed by atoms with Gasteiger partial charge in [0.25, 0.3) is 11.1 Å². The van der Waals surface area contributed by atoms with Crippen LogP contribution in [0.1, 0.15) is 31.9 Å². The first kappa shape index (κ1) is 14.7. The molecule has 0 aliphatic carbocycles. The maximum absolute atomic E-state index is 12.0. The van der Waals surface area contributed by atoms with Crippen molar-refractivity contribution >= 4 is 0 Å². The van der Waals surface area contributed by atoms with Gasteiger partial charge in [0.1, 0.15) is 0 Å². The van der Waals surface area contributed by atoms with Crippen LogP contribution in [0.4, 0.5) is 0 Å². The molecule has 0 radical (unpaired) electrons. The van der Waals surface area contributed by atoms with E-state index < -0.39 is 0 Å². The van der Waals surface area contributed by atoms with Crippen molar-refractivity contribution in [3.8, 4) is 0 Å². The third-order valence-corrected chi connectivity index (χ3v) is 3.07. The molecule has 102 valence electrons. The highest BCUT2D eigenvalue weighted by Crippen LogP contribution is 1.98. The Morgan fingerprint density at radius 2 is 1.78 bits per heavy atom. The summed E-state index contributed by atoms with van der Waals surface area (Å²) in [6.07, 6.45) is 0. The van der Waals surface area contributed by atoms with Gasteiger partial charge in [-0.25, -0.2) is 4.68 Å². The second-order valence-electron chi connectivity index (χ2n) is 5.27. The van der Waals surface area contributed by atoms with Crippen molar-refractivity contribution in [2.24, 2.45) is 5.92 Å². The lowest BCUT2D eigenvalue weighted by molar-refractivity contribution is 0.393. The van der Waals surface area contributed by atoms with E-state index in [0.29, 0.717) is 23.7 Å². The van der Waals surface area contributed by atoms with Crippen LogP contribution >= 0.6 is 0 Å². The zero-order valence-corrected chi connectivity index (χ0v) is 11.8. The van der Waals surface area contributed by atoms with E-state index in [2.05, 4.69) is 31.2 Å². The lowest BCUT2D eigenvalue weighted by Gasteiger charge is -2.16. The van der Waals surface area contributed by atoms with Crippen molar-refractivity contribution in [3.05, 3.63) is 31.8 Å². The van der Waals surface area contributed by atoms with E-state index in [1.54, 1.807) is 13.8 Å². The first-order valence-electron chi connectivity index (χ1n) is 6.36. The average Bonchev–Trinajstić information content (AvgIpc) is 2.30. The molecule has 0 bridgehead atoms. The van der Waals surface area contributed by atoms with Crippen LogP contribution in [0.15, 0.2) is 9.59 Å². The first-order chi connectivity index (χ1) is 8.32. The summed E-state index contributed by atoms with van der Waals surface area (Å²) in [7, 11) is 0. The second kappa shape index (κ2) is 6.00. The molecule has 2 N–H and O–H groups in total. The molecule has 1 heterocycles. The van der Waals surface area contributed by atoms with Crippen molar-refractivity contribution in [2.45, 2.75) is 47.2 Å². The number of nitrogens with one attached hydrogen (secondary N) is 2. The molecule has 0 saturated heterocycles. The third kappa shape index (κ3) is 3.57. The number of hydrogen-bond acceptors (Lipinski definition) is 3. The van der Waals surface area contributed by atoms with Crippen LogP contribution in [-0.4, -0.2) is 22.4 Å². The highest BCUT2D eigenvalue weighted by molar-refractivity contribution is 5.17. The molecule has 0 amide bonds. The Morgan fingerprint density at radius 1 is 1.17 bits per heavy atom.